The molecule has 1 aliphatic rings. The monoisotopic (exact) mass is 326 g/mol. The Bertz CT molecular complexity index is 679. The highest BCUT2D eigenvalue weighted by Crippen LogP contribution is 2.32. The third-order valence-electron chi connectivity index (χ3n) is 4.51. The normalized spacial score (nSPS) is 15.2. The first-order valence-electron chi connectivity index (χ1n) is 8.49. The van der Waals surface area contributed by atoms with E-state index >= 15 is 0 Å². The SMILES string of the molecule is C=Nc1cc(-c2ccc(F)cc2)ccc1OCNC1CCCCC1. The molecule has 0 atom stereocenters. The molecular formula is C20H23FN2O. The van der Waals surface area contributed by atoms with E-state index in [4.69, 9.17) is 4.74 Å². The molecule has 1 N–H and O–H groups in total. The predicted octanol–water partition coefficient (Wildman–Crippen LogP) is 5.08. The molecule has 0 spiro atoms. The van der Waals surface area contributed by atoms with Gasteiger partial charge in [0.1, 0.15) is 24.0 Å². The van der Waals surface area contributed by atoms with Crippen LogP contribution in [0.15, 0.2) is 47.5 Å². The number of nitrogens with zero attached hydrogens (tertiary/aromatic N) is 1. The van der Waals surface area contributed by atoms with Crippen LogP contribution in [-0.4, -0.2) is 19.5 Å². The van der Waals surface area contributed by atoms with Crippen LogP contribution in [0.4, 0.5) is 10.1 Å². The summed E-state index contributed by atoms with van der Waals surface area (Å²) in [7, 11) is 0. The maximum Gasteiger partial charge on any atom is 0.146 e. The van der Waals surface area contributed by atoms with Crippen molar-refractivity contribution in [2.45, 2.75) is 38.1 Å². The zero-order chi connectivity index (χ0) is 16.8. The van der Waals surface area contributed by atoms with Crippen molar-refractivity contribution in [3.8, 4) is 16.9 Å². The van der Waals surface area contributed by atoms with Crippen LogP contribution in [0.25, 0.3) is 11.1 Å². The third-order valence-corrected chi connectivity index (χ3v) is 4.51. The van der Waals surface area contributed by atoms with Crippen molar-refractivity contribution in [1.29, 1.82) is 0 Å². The van der Waals surface area contributed by atoms with Crippen LogP contribution in [0.3, 0.4) is 0 Å². The van der Waals surface area contributed by atoms with Gasteiger partial charge in [-0.15, -0.1) is 0 Å². The average molecular weight is 326 g/mol. The predicted molar refractivity (Wildman–Crippen MR) is 96.5 cm³/mol. The van der Waals surface area contributed by atoms with Crippen LogP contribution in [0, 0.1) is 5.82 Å². The molecule has 0 aliphatic heterocycles. The summed E-state index contributed by atoms with van der Waals surface area (Å²) in [5.74, 6) is 0.466. The summed E-state index contributed by atoms with van der Waals surface area (Å²) in [5, 5.41) is 3.45. The van der Waals surface area contributed by atoms with Crippen molar-refractivity contribution in [2.24, 2.45) is 4.99 Å². The Labute approximate surface area is 142 Å². The van der Waals surface area contributed by atoms with Gasteiger partial charge in [0.15, 0.2) is 0 Å². The molecule has 3 nitrogen and oxygen atoms in total. The van der Waals surface area contributed by atoms with Gasteiger partial charge in [0.25, 0.3) is 0 Å². The lowest BCUT2D eigenvalue weighted by Crippen LogP contribution is -2.33. The molecule has 3 rings (SSSR count). The first-order chi connectivity index (χ1) is 11.8. The molecular weight excluding hydrogens is 303 g/mol. The summed E-state index contributed by atoms with van der Waals surface area (Å²) >= 11 is 0. The molecule has 0 unspecified atom stereocenters. The van der Waals surface area contributed by atoms with Gasteiger partial charge in [-0.3, -0.25) is 10.3 Å². The first kappa shape index (κ1) is 16.7. The quantitative estimate of drug-likeness (QED) is 0.593. The third kappa shape index (κ3) is 4.20. The van der Waals surface area contributed by atoms with Gasteiger partial charge in [0.05, 0.1) is 0 Å². The summed E-state index contributed by atoms with van der Waals surface area (Å²) in [5.41, 5.74) is 2.60. The van der Waals surface area contributed by atoms with Gasteiger partial charge >= 0.3 is 0 Å². The van der Waals surface area contributed by atoms with Crippen LogP contribution in [-0.2, 0) is 0 Å². The maximum atomic E-state index is 13.0. The van der Waals surface area contributed by atoms with E-state index < -0.39 is 0 Å². The number of ether oxygens (including phenoxy) is 1. The average Bonchev–Trinajstić information content (AvgIpc) is 2.63. The van der Waals surface area contributed by atoms with Crippen molar-refractivity contribution in [3.63, 3.8) is 0 Å². The number of rotatable bonds is 6. The summed E-state index contributed by atoms with van der Waals surface area (Å²) in [6.07, 6.45) is 6.38. The van der Waals surface area contributed by atoms with E-state index in [1.165, 1.54) is 44.2 Å². The van der Waals surface area contributed by atoms with E-state index in [1.807, 2.05) is 18.2 Å². The molecule has 0 radical (unpaired) electrons. The van der Waals surface area contributed by atoms with Gasteiger partial charge in [-0.2, -0.15) is 0 Å². The Kier molecular flexibility index (Phi) is 5.59. The smallest absolute Gasteiger partial charge is 0.146 e. The van der Waals surface area contributed by atoms with Crippen molar-refractivity contribution in [3.05, 3.63) is 48.3 Å². The maximum absolute atomic E-state index is 13.0. The van der Waals surface area contributed by atoms with Crippen LogP contribution in [0.1, 0.15) is 32.1 Å². The van der Waals surface area contributed by atoms with E-state index in [-0.39, 0.29) is 5.82 Å². The molecule has 0 heterocycles. The van der Waals surface area contributed by atoms with Crippen molar-refractivity contribution in [2.75, 3.05) is 6.73 Å². The molecule has 0 aromatic heterocycles. The second-order valence-electron chi connectivity index (χ2n) is 6.18. The zero-order valence-corrected chi connectivity index (χ0v) is 13.8. The van der Waals surface area contributed by atoms with E-state index in [9.17, 15) is 4.39 Å². The molecule has 24 heavy (non-hydrogen) atoms. The summed E-state index contributed by atoms with van der Waals surface area (Å²) < 4.78 is 18.9. The molecule has 0 amide bonds. The number of hydrogen-bond acceptors (Lipinski definition) is 3. The standard InChI is InChI=1S/C20H23FN2O/c1-22-19-13-16(15-7-10-17(21)11-8-15)9-12-20(19)24-14-23-18-5-3-2-4-6-18/h7-13,18,23H,1-6,14H2. The fraction of sp³-hybridized carbons (Fsp3) is 0.350. The lowest BCUT2D eigenvalue weighted by atomic mass is 9.96. The second-order valence-corrected chi connectivity index (χ2v) is 6.18. The van der Waals surface area contributed by atoms with Gasteiger partial charge in [0.2, 0.25) is 0 Å². The largest absolute Gasteiger partial charge is 0.476 e. The fourth-order valence-corrected chi connectivity index (χ4v) is 3.13. The fourth-order valence-electron chi connectivity index (χ4n) is 3.13. The van der Waals surface area contributed by atoms with Crippen LogP contribution < -0.4 is 10.1 Å². The minimum absolute atomic E-state index is 0.241. The van der Waals surface area contributed by atoms with E-state index in [0.717, 1.165) is 11.1 Å². The van der Waals surface area contributed by atoms with Crippen molar-refractivity contribution >= 4 is 12.4 Å². The molecule has 1 saturated carbocycles. The first-order valence-corrected chi connectivity index (χ1v) is 8.49. The number of benzene rings is 2. The summed E-state index contributed by atoms with van der Waals surface area (Å²) in [6.45, 7) is 4.10. The number of nitrogens with one attached hydrogen (secondary N) is 1. The molecule has 2 aromatic carbocycles. The zero-order valence-electron chi connectivity index (χ0n) is 13.8. The Morgan fingerprint density at radius 1 is 1.04 bits per heavy atom. The topological polar surface area (TPSA) is 33.6 Å². The Morgan fingerprint density at radius 2 is 1.75 bits per heavy atom. The molecule has 4 heteroatoms. The van der Waals surface area contributed by atoms with Gasteiger partial charge < -0.3 is 4.74 Å². The molecule has 1 fully saturated rings. The molecule has 126 valence electrons. The van der Waals surface area contributed by atoms with Gasteiger partial charge in [0, 0.05) is 6.04 Å². The van der Waals surface area contributed by atoms with E-state index in [0.29, 0.717) is 24.2 Å². The number of aliphatic imine (C=N–C) groups is 1. The molecule has 2 aromatic rings. The van der Waals surface area contributed by atoms with Crippen molar-refractivity contribution < 1.29 is 9.13 Å². The minimum atomic E-state index is -0.241. The van der Waals surface area contributed by atoms with Gasteiger partial charge in [-0.25, -0.2) is 4.39 Å². The minimum Gasteiger partial charge on any atom is -0.476 e. The Hall–Kier alpha value is -2.20. The van der Waals surface area contributed by atoms with Gasteiger partial charge in [-0.05, 0) is 55.0 Å². The summed E-state index contributed by atoms with van der Waals surface area (Å²) in [6, 6.07) is 12.7. The number of halogens is 1. The van der Waals surface area contributed by atoms with Crippen LogP contribution in [0.5, 0.6) is 5.75 Å². The van der Waals surface area contributed by atoms with E-state index in [2.05, 4.69) is 17.0 Å². The summed E-state index contributed by atoms with van der Waals surface area (Å²) in [4.78, 5) is 4.06. The van der Waals surface area contributed by atoms with E-state index in [1.54, 1.807) is 12.1 Å². The lowest BCUT2D eigenvalue weighted by molar-refractivity contribution is 0.241. The highest BCUT2D eigenvalue weighted by molar-refractivity contribution is 5.71. The highest BCUT2D eigenvalue weighted by Gasteiger charge is 2.13. The molecule has 0 saturated heterocycles. The van der Waals surface area contributed by atoms with Crippen molar-refractivity contribution in [1.82, 2.24) is 5.32 Å². The lowest BCUT2D eigenvalue weighted by Gasteiger charge is -2.23. The van der Waals surface area contributed by atoms with Crippen LogP contribution in [0.2, 0.25) is 0 Å². The second kappa shape index (κ2) is 8.06. The highest BCUT2D eigenvalue weighted by atomic mass is 19.1. The van der Waals surface area contributed by atoms with Crippen LogP contribution >= 0.6 is 0 Å². The number of hydrogen-bond donors (Lipinski definition) is 1. The Morgan fingerprint density at radius 3 is 2.46 bits per heavy atom. The molecule has 0 bridgehead atoms. The van der Waals surface area contributed by atoms with Gasteiger partial charge in [-0.1, -0.05) is 37.5 Å². The Balaban J connectivity index is 1.65. The molecule has 1 aliphatic carbocycles.